The van der Waals surface area contributed by atoms with Gasteiger partial charge in [-0.1, -0.05) is 0 Å². The highest BCUT2D eigenvalue weighted by molar-refractivity contribution is 9.10. The summed E-state index contributed by atoms with van der Waals surface area (Å²) in [6.07, 6.45) is 1.56. The van der Waals surface area contributed by atoms with Gasteiger partial charge in [-0.15, -0.1) is 0 Å². The zero-order chi connectivity index (χ0) is 14.0. The van der Waals surface area contributed by atoms with Gasteiger partial charge in [-0.2, -0.15) is 0 Å². The molecule has 0 saturated heterocycles. The lowest BCUT2D eigenvalue weighted by Gasteiger charge is -2.07. The molecule has 0 aliphatic rings. The average molecular weight is 324 g/mol. The highest BCUT2D eigenvalue weighted by Crippen LogP contribution is 2.18. The lowest BCUT2D eigenvalue weighted by atomic mass is 10.1. The number of amides is 1. The number of anilines is 2. The molecule has 0 radical (unpaired) electrons. The molecule has 0 aliphatic carbocycles. The van der Waals surface area contributed by atoms with Crippen molar-refractivity contribution in [2.45, 2.75) is 6.92 Å². The van der Waals surface area contributed by atoms with Crippen LogP contribution in [-0.2, 0) is 0 Å². The molecule has 1 aromatic heterocycles. The van der Waals surface area contributed by atoms with Gasteiger partial charge in [0.25, 0.3) is 5.91 Å². The summed E-state index contributed by atoms with van der Waals surface area (Å²) in [6.45, 7) is 1.56. The van der Waals surface area contributed by atoms with E-state index >= 15 is 0 Å². The molecule has 0 unspecified atom stereocenters. The number of nitrogens with one attached hydrogen (secondary N) is 1. The fourth-order valence-corrected chi connectivity index (χ4v) is 1.70. The number of halogens is 2. The first-order valence-electron chi connectivity index (χ1n) is 5.46. The standard InChI is InChI=1S/C13H11BrFN3O/c1-7-10(15)4-8(5-11(7)16)13(19)18-12-3-2-9(14)6-17-12/h2-6H,16H2,1H3,(H,17,18,19). The Kier molecular flexibility index (Phi) is 3.80. The van der Waals surface area contributed by atoms with Crippen molar-refractivity contribution in [2.24, 2.45) is 0 Å². The van der Waals surface area contributed by atoms with Gasteiger partial charge in [-0.05, 0) is 47.1 Å². The molecule has 0 fully saturated rings. The molecular formula is C13H11BrFN3O. The largest absolute Gasteiger partial charge is 0.398 e. The van der Waals surface area contributed by atoms with Crippen LogP contribution in [0.3, 0.4) is 0 Å². The van der Waals surface area contributed by atoms with Crippen molar-refractivity contribution in [1.29, 1.82) is 0 Å². The van der Waals surface area contributed by atoms with Gasteiger partial charge in [0.1, 0.15) is 11.6 Å². The minimum atomic E-state index is -0.506. The Hall–Kier alpha value is -1.95. The van der Waals surface area contributed by atoms with E-state index in [4.69, 9.17) is 5.73 Å². The summed E-state index contributed by atoms with van der Waals surface area (Å²) in [7, 11) is 0. The number of carbonyl (C=O) groups is 1. The third kappa shape index (κ3) is 3.08. The maximum atomic E-state index is 13.5. The summed E-state index contributed by atoms with van der Waals surface area (Å²) in [5.41, 5.74) is 6.36. The van der Waals surface area contributed by atoms with Crippen LogP contribution in [0.2, 0.25) is 0 Å². The zero-order valence-corrected chi connectivity index (χ0v) is 11.7. The molecule has 0 bridgehead atoms. The smallest absolute Gasteiger partial charge is 0.256 e. The molecule has 0 spiro atoms. The molecule has 0 atom stereocenters. The SMILES string of the molecule is Cc1c(N)cc(C(=O)Nc2ccc(Br)cn2)cc1F. The van der Waals surface area contributed by atoms with Gasteiger partial charge in [-0.3, -0.25) is 4.79 Å². The van der Waals surface area contributed by atoms with Crippen molar-refractivity contribution in [3.8, 4) is 0 Å². The number of hydrogen-bond acceptors (Lipinski definition) is 3. The maximum Gasteiger partial charge on any atom is 0.256 e. The molecule has 0 aliphatic heterocycles. The predicted molar refractivity (Wildman–Crippen MR) is 75.4 cm³/mol. The van der Waals surface area contributed by atoms with E-state index in [-0.39, 0.29) is 11.3 Å². The lowest BCUT2D eigenvalue weighted by Crippen LogP contribution is -2.14. The van der Waals surface area contributed by atoms with Gasteiger partial charge < -0.3 is 11.1 Å². The first kappa shape index (κ1) is 13.5. The molecule has 19 heavy (non-hydrogen) atoms. The predicted octanol–water partition coefficient (Wildman–Crippen LogP) is 3.13. The van der Waals surface area contributed by atoms with E-state index in [1.165, 1.54) is 6.07 Å². The van der Waals surface area contributed by atoms with Gasteiger partial charge in [-0.25, -0.2) is 9.37 Å². The van der Waals surface area contributed by atoms with Crippen molar-refractivity contribution in [3.05, 3.63) is 51.9 Å². The number of aromatic nitrogens is 1. The zero-order valence-electron chi connectivity index (χ0n) is 10.1. The number of hydrogen-bond donors (Lipinski definition) is 2. The van der Waals surface area contributed by atoms with Crippen LogP contribution in [0.15, 0.2) is 34.9 Å². The molecule has 1 aromatic carbocycles. The normalized spacial score (nSPS) is 10.3. The van der Waals surface area contributed by atoms with Crippen molar-refractivity contribution < 1.29 is 9.18 Å². The second-order valence-electron chi connectivity index (χ2n) is 3.99. The Morgan fingerprint density at radius 3 is 2.74 bits per heavy atom. The van der Waals surface area contributed by atoms with Gasteiger partial charge in [0.15, 0.2) is 0 Å². The number of pyridine rings is 1. The van der Waals surface area contributed by atoms with E-state index < -0.39 is 11.7 Å². The van der Waals surface area contributed by atoms with E-state index in [2.05, 4.69) is 26.2 Å². The molecule has 4 nitrogen and oxygen atoms in total. The Morgan fingerprint density at radius 1 is 1.42 bits per heavy atom. The van der Waals surface area contributed by atoms with Crippen LogP contribution in [0.25, 0.3) is 0 Å². The molecule has 0 saturated carbocycles. The summed E-state index contributed by atoms with van der Waals surface area (Å²) in [4.78, 5) is 15.9. The summed E-state index contributed by atoms with van der Waals surface area (Å²) in [5.74, 6) is -0.581. The summed E-state index contributed by atoms with van der Waals surface area (Å²) in [5, 5.41) is 2.57. The van der Waals surface area contributed by atoms with Crippen molar-refractivity contribution in [1.82, 2.24) is 4.98 Å². The fraction of sp³-hybridized carbons (Fsp3) is 0.0769. The third-order valence-corrected chi connectivity index (χ3v) is 3.08. The Morgan fingerprint density at radius 2 is 2.16 bits per heavy atom. The molecule has 98 valence electrons. The second kappa shape index (κ2) is 5.36. The summed E-state index contributed by atoms with van der Waals surface area (Å²) < 4.78 is 14.3. The van der Waals surface area contributed by atoms with E-state index in [0.29, 0.717) is 11.4 Å². The quantitative estimate of drug-likeness (QED) is 0.834. The van der Waals surface area contributed by atoms with Crippen molar-refractivity contribution >= 4 is 33.3 Å². The van der Waals surface area contributed by atoms with Crippen LogP contribution in [-0.4, -0.2) is 10.9 Å². The number of carbonyl (C=O) groups excluding carboxylic acids is 1. The molecule has 2 aromatic rings. The molecule has 2 rings (SSSR count). The highest BCUT2D eigenvalue weighted by atomic mass is 79.9. The number of nitrogens with two attached hydrogens (primary N) is 1. The maximum absolute atomic E-state index is 13.5. The minimum absolute atomic E-state index is 0.158. The number of nitrogen functional groups attached to an aromatic ring is 1. The van der Waals surface area contributed by atoms with E-state index in [0.717, 1.165) is 10.5 Å². The number of rotatable bonds is 2. The number of benzene rings is 1. The second-order valence-corrected chi connectivity index (χ2v) is 4.90. The Labute approximate surface area is 118 Å². The van der Waals surface area contributed by atoms with Crippen molar-refractivity contribution in [3.63, 3.8) is 0 Å². The van der Waals surface area contributed by atoms with E-state index in [9.17, 15) is 9.18 Å². The van der Waals surface area contributed by atoms with Gasteiger partial charge >= 0.3 is 0 Å². The monoisotopic (exact) mass is 323 g/mol. The van der Waals surface area contributed by atoms with Gasteiger partial charge in [0.2, 0.25) is 0 Å². The molecule has 3 N–H and O–H groups in total. The first-order chi connectivity index (χ1) is 8.97. The van der Waals surface area contributed by atoms with Crippen LogP contribution in [0.4, 0.5) is 15.9 Å². The summed E-state index contributed by atoms with van der Waals surface area (Å²) in [6, 6.07) is 5.97. The summed E-state index contributed by atoms with van der Waals surface area (Å²) >= 11 is 3.24. The Balaban J connectivity index is 2.23. The topological polar surface area (TPSA) is 68.0 Å². The van der Waals surface area contributed by atoms with Crippen LogP contribution in [0.5, 0.6) is 0 Å². The average Bonchev–Trinajstić information content (AvgIpc) is 2.38. The third-order valence-electron chi connectivity index (χ3n) is 2.62. The first-order valence-corrected chi connectivity index (χ1v) is 6.25. The lowest BCUT2D eigenvalue weighted by molar-refractivity contribution is 0.102. The fourth-order valence-electron chi connectivity index (χ4n) is 1.47. The molecule has 1 amide bonds. The van der Waals surface area contributed by atoms with Crippen LogP contribution in [0.1, 0.15) is 15.9 Å². The van der Waals surface area contributed by atoms with Gasteiger partial charge in [0, 0.05) is 27.5 Å². The molecular weight excluding hydrogens is 313 g/mol. The van der Waals surface area contributed by atoms with Crippen LogP contribution >= 0.6 is 15.9 Å². The van der Waals surface area contributed by atoms with Crippen molar-refractivity contribution in [2.75, 3.05) is 11.1 Å². The molecule has 6 heteroatoms. The highest BCUT2D eigenvalue weighted by Gasteiger charge is 2.11. The number of nitrogens with zero attached hydrogens (tertiary/aromatic N) is 1. The van der Waals surface area contributed by atoms with Crippen LogP contribution < -0.4 is 11.1 Å². The minimum Gasteiger partial charge on any atom is -0.398 e. The van der Waals surface area contributed by atoms with E-state index in [1.807, 2.05) is 0 Å². The Bertz CT molecular complexity index is 605. The van der Waals surface area contributed by atoms with E-state index in [1.54, 1.807) is 25.3 Å². The van der Waals surface area contributed by atoms with Crippen LogP contribution in [0, 0.1) is 12.7 Å². The molecule has 1 heterocycles. The van der Waals surface area contributed by atoms with Gasteiger partial charge in [0.05, 0.1) is 0 Å².